The Hall–Kier alpha value is 0.830. The predicted octanol–water partition coefficient (Wildman–Crippen LogP) is -4.66. The molecule has 0 aliphatic rings. The Bertz CT molecular complexity index is 114. The second-order valence-electron chi connectivity index (χ2n) is 0.504. The number of rotatable bonds is 1. The monoisotopic (exact) mass is 135 g/mol. The zero-order valence-corrected chi connectivity index (χ0v) is 6.44. The fourth-order valence-corrected chi connectivity index (χ4v) is 0. The van der Waals surface area contributed by atoms with Crippen LogP contribution in [0.5, 0.6) is 0 Å². The fraction of sp³-hybridized carbons (Fsp3) is 0. The topological polar surface area (TPSA) is 92.5 Å². The zero-order chi connectivity index (χ0) is 5.21. The van der Waals surface area contributed by atoms with Gasteiger partial charge in [0.1, 0.15) is 0 Å². The molecule has 0 radical (unpaired) electrons. The van der Waals surface area contributed by atoms with Crippen molar-refractivity contribution in [2.75, 3.05) is 0 Å². The summed E-state index contributed by atoms with van der Waals surface area (Å²) in [7, 11) is -4.63. The van der Waals surface area contributed by atoms with Crippen molar-refractivity contribution < 1.29 is 46.8 Å². The van der Waals surface area contributed by atoms with Crippen molar-refractivity contribution in [3.8, 4) is 0 Å². The number of hydrogen-bond donors (Lipinski definition) is 1. The molecule has 0 bridgehead atoms. The van der Waals surface area contributed by atoms with E-state index in [-0.39, 0.29) is 29.6 Å². The summed E-state index contributed by atoms with van der Waals surface area (Å²) in [4.78, 5) is 0. The first-order valence-electron chi connectivity index (χ1n) is 0.902. The van der Waals surface area contributed by atoms with E-state index >= 15 is 0 Å². The molecule has 38 valence electrons. The third-order valence-electron chi connectivity index (χ3n) is 0.118. The van der Waals surface area contributed by atoms with Gasteiger partial charge < -0.3 is 4.55 Å². The minimum Gasteiger partial charge on any atom is -0.724 e. The molecule has 0 aromatic carbocycles. The van der Waals surface area contributed by atoms with Crippen LogP contribution in [0.25, 0.3) is 0 Å². The van der Waals surface area contributed by atoms with Gasteiger partial charge >= 0.3 is 29.6 Å². The quantitative estimate of drug-likeness (QED) is 0.169. The van der Waals surface area contributed by atoms with Crippen molar-refractivity contribution in [2.24, 2.45) is 5.90 Å². The summed E-state index contributed by atoms with van der Waals surface area (Å²) >= 11 is 0. The van der Waals surface area contributed by atoms with Gasteiger partial charge in [0, 0.05) is 0 Å². The van der Waals surface area contributed by atoms with Crippen molar-refractivity contribution in [1.82, 2.24) is 0 Å². The van der Waals surface area contributed by atoms with E-state index in [1.807, 2.05) is 0 Å². The van der Waals surface area contributed by atoms with Gasteiger partial charge in [-0.15, -0.1) is 0 Å². The molecule has 0 aliphatic heterocycles. The largest absolute Gasteiger partial charge is 1.00 e. The maximum absolute atomic E-state index is 9.10. The minimum atomic E-state index is -4.63. The Morgan fingerprint density at radius 1 is 1.57 bits per heavy atom. The summed E-state index contributed by atoms with van der Waals surface area (Å²) in [5, 5.41) is 0. The molecule has 0 aromatic heterocycles. The van der Waals surface area contributed by atoms with Crippen molar-refractivity contribution in [1.29, 1.82) is 0 Å². The van der Waals surface area contributed by atoms with Crippen LogP contribution in [0.1, 0.15) is 0 Å². The van der Waals surface area contributed by atoms with E-state index in [2.05, 4.69) is 10.2 Å². The van der Waals surface area contributed by atoms with Crippen LogP contribution in [0.4, 0.5) is 0 Å². The molecule has 0 heterocycles. The van der Waals surface area contributed by atoms with Gasteiger partial charge in [-0.3, -0.25) is 0 Å². The fourth-order valence-electron chi connectivity index (χ4n) is 0. The zero-order valence-electron chi connectivity index (χ0n) is 3.62. The molecule has 0 rings (SSSR count). The Morgan fingerprint density at radius 3 is 1.71 bits per heavy atom. The molecule has 0 unspecified atom stereocenters. The first-order valence-corrected chi connectivity index (χ1v) is 2.24. The molecule has 0 aromatic rings. The standard InChI is InChI=1S/H3NO4S.Na/c1-5-6(2,3)4;/h1H2,(H,2,3,4);/q;+1/p-1. The molecule has 0 fully saturated rings. The van der Waals surface area contributed by atoms with Crippen LogP contribution in [0.2, 0.25) is 0 Å². The van der Waals surface area contributed by atoms with Crippen LogP contribution in [-0.2, 0) is 14.7 Å². The van der Waals surface area contributed by atoms with Crippen LogP contribution < -0.4 is 35.5 Å². The molecule has 5 nitrogen and oxygen atoms in total. The molecule has 0 atom stereocenters. The third kappa shape index (κ3) is 10.9. The van der Waals surface area contributed by atoms with Crippen LogP contribution in [-0.4, -0.2) is 13.0 Å². The molecule has 0 spiro atoms. The van der Waals surface area contributed by atoms with Gasteiger partial charge in [0.2, 0.25) is 10.4 Å². The third-order valence-corrected chi connectivity index (χ3v) is 0.354. The molecular formula is H2NNaO4S. The van der Waals surface area contributed by atoms with Crippen molar-refractivity contribution >= 4 is 10.4 Å². The molecular weight excluding hydrogens is 133 g/mol. The summed E-state index contributed by atoms with van der Waals surface area (Å²) in [6, 6.07) is 0. The molecule has 7 heavy (non-hydrogen) atoms. The van der Waals surface area contributed by atoms with Crippen LogP contribution in [0, 0.1) is 0 Å². The average Bonchev–Trinajstić information content (AvgIpc) is 1.35. The molecule has 0 saturated heterocycles. The van der Waals surface area contributed by atoms with Crippen molar-refractivity contribution in [3.05, 3.63) is 0 Å². The van der Waals surface area contributed by atoms with Gasteiger partial charge in [0.15, 0.2) is 0 Å². The number of hydrogen-bond acceptors (Lipinski definition) is 5. The molecule has 0 aliphatic carbocycles. The van der Waals surface area contributed by atoms with Gasteiger partial charge in [-0.2, -0.15) is 10.2 Å². The van der Waals surface area contributed by atoms with Gasteiger partial charge in [-0.05, 0) is 0 Å². The Balaban J connectivity index is 0. The summed E-state index contributed by atoms with van der Waals surface area (Å²) in [6.07, 6.45) is 0. The van der Waals surface area contributed by atoms with E-state index < -0.39 is 10.4 Å². The van der Waals surface area contributed by atoms with Gasteiger partial charge in [0.25, 0.3) is 0 Å². The van der Waals surface area contributed by atoms with E-state index in [9.17, 15) is 0 Å². The maximum atomic E-state index is 9.10. The van der Waals surface area contributed by atoms with Crippen LogP contribution >= 0.6 is 0 Å². The van der Waals surface area contributed by atoms with Gasteiger partial charge in [0.05, 0.1) is 0 Å². The van der Waals surface area contributed by atoms with E-state index in [0.717, 1.165) is 0 Å². The van der Waals surface area contributed by atoms with Gasteiger partial charge in [-0.25, -0.2) is 8.42 Å². The predicted molar refractivity (Wildman–Crippen MR) is 15.0 cm³/mol. The first-order chi connectivity index (χ1) is 2.56. The second-order valence-corrected chi connectivity index (χ2v) is 1.51. The van der Waals surface area contributed by atoms with E-state index in [0.29, 0.717) is 0 Å². The minimum absolute atomic E-state index is 0. The molecule has 7 heteroatoms. The van der Waals surface area contributed by atoms with Crippen LogP contribution in [0.3, 0.4) is 0 Å². The first kappa shape index (κ1) is 10.7. The van der Waals surface area contributed by atoms with E-state index in [1.165, 1.54) is 0 Å². The summed E-state index contributed by atoms with van der Waals surface area (Å²) in [5.41, 5.74) is 0. The Morgan fingerprint density at radius 2 is 1.71 bits per heavy atom. The average molecular weight is 135 g/mol. The SMILES string of the molecule is NOS(=O)(=O)[O-].[Na+]. The smallest absolute Gasteiger partial charge is 0.724 e. The second kappa shape index (κ2) is 3.79. The summed E-state index contributed by atoms with van der Waals surface area (Å²) in [6.45, 7) is 0. The van der Waals surface area contributed by atoms with E-state index in [4.69, 9.17) is 13.0 Å². The molecule has 0 amide bonds. The Labute approximate surface area is 63.0 Å². The molecule has 2 N–H and O–H groups in total. The molecule has 0 saturated carbocycles. The summed E-state index contributed by atoms with van der Waals surface area (Å²) in [5.74, 6) is 3.91. The van der Waals surface area contributed by atoms with E-state index in [1.54, 1.807) is 0 Å². The Kier molecular flexibility index (Phi) is 5.81. The van der Waals surface area contributed by atoms with Gasteiger partial charge in [-0.1, -0.05) is 0 Å². The maximum Gasteiger partial charge on any atom is 1.00 e. The normalized spacial score (nSPS) is 10.0. The van der Waals surface area contributed by atoms with Crippen LogP contribution in [0.15, 0.2) is 0 Å². The summed E-state index contributed by atoms with van der Waals surface area (Å²) < 4.78 is 30.1. The van der Waals surface area contributed by atoms with Crippen molar-refractivity contribution in [2.45, 2.75) is 0 Å². The number of nitrogens with two attached hydrogens (primary N) is 1. The van der Waals surface area contributed by atoms with Crippen molar-refractivity contribution in [3.63, 3.8) is 0 Å².